The van der Waals surface area contributed by atoms with Crippen LogP contribution >= 0.6 is 34.9 Å². The molecule has 0 fully saturated rings. The number of anilines is 1. The monoisotopic (exact) mass is 408 g/mol. The summed E-state index contributed by atoms with van der Waals surface area (Å²) in [6, 6.07) is 4.37. The SMILES string of the molecule is C=CCSc1nnc(NC(=O)CSc2nc3ccc([N+](=O)[O-])cc3[nH]2)s1. The highest BCUT2D eigenvalue weighted by Crippen LogP contribution is 2.26. The fraction of sp³-hybridized carbons (Fsp3) is 0.143. The Hall–Kier alpha value is -2.44. The van der Waals surface area contributed by atoms with Gasteiger partial charge in [0.15, 0.2) is 9.50 Å². The molecule has 0 aliphatic heterocycles. The summed E-state index contributed by atoms with van der Waals surface area (Å²) < 4.78 is 0.756. The van der Waals surface area contributed by atoms with Gasteiger partial charge in [-0.1, -0.05) is 40.9 Å². The average molecular weight is 408 g/mol. The Morgan fingerprint density at radius 3 is 3.04 bits per heavy atom. The first-order valence-corrected chi connectivity index (χ1v) is 9.98. The van der Waals surface area contributed by atoms with E-state index in [4.69, 9.17) is 0 Å². The second-order valence-corrected chi connectivity index (χ2v) is 8.02. The molecule has 0 saturated heterocycles. The van der Waals surface area contributed by atoms with Gasteiger partial charge in [0.1, 0.15) is 0 Å². The minimum Gasteiger partial charge on any atom is -0.333 e. The van der Waals surface area contributed by atoms with Gasteiger partial charge in [0.05, 0.1) is 21.7 Å². The van der Waals surface area contributed by atoms with Gasteiger partial charge in [-0.2, -0.15) is 0 Å². The molecule has 0 atom stereocenters. The number of non-ortho nitro benzene ring substituents is 1. The van der Waals surface area contributed by atoms with Crippen LogP contribution in [-0.4, -0.2) is 42.5 Å². The minimum atomic E-state index is -0.468. The van der Waals surface area contributed by atoms with E-state index in [-0.39, 0.29) is 17.3 Å². The van der Waals surface area contributed by atoms with Crippen molar-refractivity contribution in [1.82, 2.24) is 20.2 Å². The average Bonchev–Trinajstić information content (AvgIpc) is 3.23. The molecule has 0 aliphatic carbocycles. The maximum Gasteiger partial charge on any atom is 0.271 e. The Morgan fingerprint density at radius 1 is 1.42 bits per heavy atom. The Bertz CT molecular complexity index is 970. The number of nitro benzene ring substituents is 1. The number of hydrogen-bond donors (Lipinski definition) is 2. The zero-order valence-electron chi connectivity index (χ0n) is 13.2. The van der Waals surface area contributed by atoms with Crippen molar-refractivity contribution in [2.75, 3.05) is 16.8 Å². The highest BCUT2D eigenvalue weighted by atomic mass is 32.2. The molecule has 0 aliphatic rings. The third-order valence-electron chi connectivity index (χ3n) is 2.97. The van der Waals surface area contributed by atoms with E-state index < -0.39 is 4.92 Å². The molecule has 0 radical (unpaired) electrons. The largest absolute Gasteiger partial charge is 0.333 e. The molecule has 2 heterocycles. The molecule has 12 heteroatoms. The number of nitrogens with zero attached hydrogens (tertiary/aromatic N) is 4. The lowest BCUT2D eigenvalue weighted by atomic mass is 10.3. The number of H-pyrrole nitrogens is 1. The molecule has 26 heavy (non-hydrogen) atoms. The van der Waals surface area contributed by atoms with Gasteiger partial charge in [-0.25, -0.2) is 4.98 Å². The highest BCUT2D eigenvalue weighted by molar-refractivity contribution is 8.01. The molecule has 0 bridgehead atoms. The number of amides is 1. The zero-order chi connectivity index (χ0) is 18.5. The standard InChI is InChI=1S/C14H12N6O3S3/c1-2-5-24-14-19-18-13(26-14)17-11(21)7-25-12-15-9-4-3-8(20(22)23)6-10(9)16-12/h2-4,6H,1,5,7H2,(H,15,16)(H,17,18,21). The van der Waals surface area contributed by atoms with Crippen LogP contribution in [0.1, 0.15) is 0 Å². The van der Waals surface area contributed by atoms with Gasteiger partial charge in [0.2, 0.25) is 11.0 Å². The molecule has 3 rings (SSSR count). The maximum absolute atomic E-state index is 12.0. The van der Waals surface area contributed by atoms with E-state index in [2.05, 4.69) is 32.1 Å². The molecular weight excluding hydrogens is 396 g/mol. The summed E-state index contributed by atoms with van der Waals surface area (Å²) in [5.74, 6) is 0.608. The van der Waals surface area contributed by atoms with Gasteiger partial charge in [-0.05, 0) is 6.07 Å². The second kappa shape index (κ2) is 8.29. The summed E-state index contributed by atoms with van der Waals surface area (Å²) in [7, 11) is 0. The first-order valence-electron chi connectivity index (χ1n) is 7.19. The zero-order valence-corrected chi connectivity index (χ0v) is 15.6. The number of imidazole rings is 1. The summed E-state index contributed by atoms with van der Waals surface area (Å²) in [6.45, 7) is 3.63. The number of fused-ring (bicyclic) bond motifs is 1. The fourth-order valence-electron chi connectivity index (χ4n) is 1.89. The number of aromatic amines is 1. The first-order chi connectivity index (χ1) is 12.5. The predicted octanol–water partition coefficient (Wildman–Crippen LogP) is 3.33. The molecule has 3 aromatic rings. The normalized spacial score (nSPS) is 10.8. The van der Waals surface area contributed by atoms with Crippen molar-refractivity contribution >= 4 is 62.6 Å². The Kier molecular flexibility index (Phi) is 5.85. The van der Waals surface area contributed by atoms with E-state index in [1.54, 1.807) is 12.1 Å². The van der Waals surface area contributed by atoms with Crippen LogP contribution in [0.15, 0.2) is 40.4 Å². The number of thioether (sulfide) groups is 2. The van der Waals surface area contributed by atoms with E-state index >= 15 is 0 Å². The molecule has 0 unspecified atom stereocenters. The summed E-state index contributed by atoms with van der Waals surface area (Å²) in [5.41, 5.74) is 1.14. The number of aromatic nitrogens is 4. The molecule has 0 saturated carbocycles. The van der Waals surface area contributed by atoms with Crippen molar-refractivity contribution in [3.63, 3.8) is 0 Å². The number of carbonyl (C=O) groups is 1. The highest BCUT2D eigenvalue weighted by Gasteiger charge is 2.12. The maximum atomic E-state index is 12.0. The molecule has 2 aromatic heterocycles. The molecule has 134 valence electrons. The fourth-order valence-corrected chi connectivity index (χ4v) is 4.11. The lowest BCUT2D eigenvalue weighted by molar-refractivity contribution is -0.384. The van der Waals surface area contributed by atoms with E-state index in [9.17, 15) is 14.9 Å². The first kappa shape index (κ1) is 18.4. The summed E-state index contributed by atoms with van der Waals surface area (Å²) >= 11 is 3.98. The van der Waals surface area contributed by atoms with Gasteiger partial charge in [0, 0.05) is 17.9 Å². The van der Waals surface area contributed by atoms with Crippen LogP contribution in [0.2, 0.25) is 0 Å². The second-order valence-electron chi connectivity index (χ2n) is 4.81. The quantitative estimate of drug-likeness (QED) is 0.191. The Balaban J connectivity index is 1.57. The van der Waals surface area contributed by atoms with Crippen molar-refractivity contribution in [3.8, 4) is 0 Å². The lowest BCUT2D eigenvalue weighted by Gasteiger charge is -1.98. The molecular formula is C14H12N6O3S3. The van der Waals surface area contributed by atoms with Crippen LogP contribution in [0.3, 0.4) is 0 Å². The predicted molar refractivity (Wildman–Crippen MR) is 103 cm³/mol. The van der Waals surface area contributed by atoms with E-state index in [0.29, 0.717) is 21.3 Å². The van der Waals surface area contributed by atoms with Gasteiger partial charge in [-0.15, -0.1) is 16.8 Å². The van der Waals surface area contributed by atoms with E-state index in [1.165, 1.54) is 47.0 Å². The van der Waals surface area contributed by atoms with Crippen molar-refractivity contribution in [3.05, 3.63) is 41.0 Å². The van der Waals surface area contributed by atoms with Crippen molar-refractivity contribution in [1.29, 1.82) is 0 Å². The van der Waals surface area contributed by atoms with Crippen LogP contribution in [-0.2, 0) is 4.79 Å². The Labute approximate surface area is 159 Å². The van der Waals surface area contributed by atoms with Crippen LogP contribution in [0.25, 0.3) is 11.0 Å². The van der Waals surface area contributed by atoms with Crippen LogP contribution in [0, 0.1) is 10.1 Å². The number of nitro groups is 1. The topological polar surface area (TPSA) is 127 Å². The van der Waals surface area contributed by atoms with Gasteiger partial charge >= 0.3 is 0 Å². The summed E-state index contributed by atoms with van der Waals surface area (Å²) in [4.78, 5) is 29.6. The van der Waals surface area contributed by atoms with Gasteiger partial charge in [-0.3, -0.25) is 20.2 Å². The van der Waals surface area contributed by atoms with Crippen molar-refractivity contribution in [2.45, 2.75) is 9.50 Å². The van der Waals surface area contributed by atoms with Gasteiger partial charge < -0.3 is 4.98 Å². The smallest absolute Gasteiger partial charge is 0.271 e. The van der Waals surface area contributed by atoms with E-state index in [1.807, 2.05) is 0 Å². The molecule has 0 spiro atoms. The number of hydrogen-bond acceptors (Lipinski definition) is 9. The molecule has 2 N–H and O–H groups in total. The number of nitrogens with one attached hydrogen (secondary N) is 2. The van der Waals surface area contributed by atoms with E-state index in [0.717, 1.165) is 10.1 Å². The lowest BCUT2D eigenvalue weighted by Crippen LogP contribution is -2.13. The van der Waals surface area contributed by atoms with Crippen molar-refractivity contribution < 1.29 is 9.72 Å². The summed E-state index contributed by atoms with van der Waals surface area (Å²) in [5, 5.41) is 22.3. The van der Waals surface area contributed by atoms with Crippen molar-refractivity contribution in [2.24, 2.45) is 0 Å². The molecule has 9 nitrogen and oxygen atoms in total. The van der Waals surface area contributed by atoms with Crippen LogP contribution in [0.5, 0.6) is 0 Å². The Morgan fingerprint density at radius 2 is 2.27 bits per heavy atom. The third-order valence-corrected chi connectivity index (χ3v) is 5.81. The van der Waals surface area contributed by atoms with Crippen LogP contribution in [0.4, 0.5) is 10.8 Å². The minimum absolute atomic E-state index is 0.0168. The molecule has 1 amide bonds. The third kappa shape index (κ3) is 4.59. The van der Waals surface area contributed by atoms with Gasteiger partial charge in [0.25, 0.3) is 5.69 Å². The summed E-state index contributed by atoms with van der Waals surface area (Å²) in [6.07, 6.45) is 1.77. The number of benzene rings is 1. The van der Waals surface area contributed by atoms with Crippen LogP contribution < -0.4 is 5.32 Å². The molecule has 1 aromatic carbocycles. The number of rotatable bonds is 8. The number of carbonyl (C=O) groups excluding carboxylic acids is 1.